The van der Waals surface area contributed by atoms with Crippen molar-refractivity contribution in [3.8, 4) is 11.5 Å². The summed E-state index contributed by atoms with van der Waals surface area (Å²) < 4.78 is 10.9. The molecule has 1 aromatic carbocycles. The molecule has 0 fully saturated rings. The molecule has 0 aliphatic heterocycles. The van der Waals surface area contributed by atoms with E-state index >= 15 is 0 Å². The second-order valence-electron chi connectivity index (χ2n) is 5.71. The molecule has 0 spiro atoms. The summed E-state index contributed by atoms with van der Waals surface area (Å²) in [5.74, 6) is 2.20. The van der Waals surface area contributed by atoms with E-state index < -0.39 is 0 Å². The summed E-state index contributed by atoms with van der Waals surface area (Å²) in [7, 11) is 7.37. The van der Waals surface area contributed by atoms with Crippen LogP contribution >= 0.6 is 11.3 Å². The van der Waals surface area contributed by atoms with Crippen molar-refractivity contribution in [2.24, 2.45) is 4.99 Å². The highest BCUT2D eigenvalue weighted by Gasteiger charge is 2.07. The van der Waals surface area contributed by atoms with Crippen LogP contribution in [0.2, 0.25) is 0 Å². The van der Waals surface area contributed by atoms with E-state index in [2.05, 4.69) is 20.6 Å². The van der Waals surface area contributed by atoms with Crippen molar-refractivity contribution in [1.82, 2.24) is 15.6 Å². The van der Waals surface area contributed by atoms with Gasteiger partial charge in [-0.05, 0) is 24.6 Å². The summed E-state index contributed by atoms with van der Waals surface area (Å²) in [5, 5.41) is 9.62. The van der Waals surface area contributed by atoms with Gasteiger partial charge in [0.1, 0.15) is 0 Å². The highest BCUT2D eigenvalue weighted by atomic mass is 32.1. The largest absolute Gasteiger partial charge is 0.493 e. The van der Waals surface area contributed by atoms with Crippen molar-refractivity contribution < 1.29 is 9.47 Å². The maximum Gasteiger partial charge on any atom is 0.191 e. The van der Waals surface area contributed by atoms with Gasteiger partial charge in [0.15, 0.2) is 22.6 Å². The first kappa shape index (κ1) is 19.8. The van der Waals surface area contributed by atoms with Gasteiger partial charge < -0.3 is 25.0 Å². The number of thiazole rings is 1. The van der Waals surface area contributed by atoms with Crippen LogP contribution in [0.4, 0.5) is 5.13 Å². The molecule has 2 rings (SSSR count). The first-order valence-electron chi connectivity index (χ1n) is 8.43. The molecule has 0 saturated heterocycles. The van der Waals surface area contributed by atoms with E-state index in [1.807, 2.05) is 49.5 Å². The standard InChI is InChI=1S/C18H27N5O2S/c1-6-25-16-9-13(7-8-15(16)24-5)10-20-17(19-2)21-11-14-12-26-18(22-14)23(3)4/h7-9,12H,6,10-11H2,1-5H3,(H2,19,20,21). The van der Waals surface area contributed by atoms with E-state index in [0.29, 0.717) is 19.7 Å². The Morgan fingerprint density at radius 1 is 1.23 bits per heavy atom. The number of rotatable bonds is 8. The lowest BCUT2D eigenvalue weighted by molar-refractivity contribution is 0.310. The molecule has 2 aromatic rings. The van der Waals surface area contributed by atoms with Crippen molar-refractivity contribution >= 4 is 22.4 Å². The van der Waals surface area contributed by atoms with Crippen LogP contribution in [0.3, 0.4) is 0 Å². The van der Waals surface area contributed by atoms with Crippen LogP contribution in [0.1, 0.15) is 18.2 Å². The Labute approximate surface area is 159 Å². The van der Waals surface area contributed by atoms with E-state index in [1.165, 1.54) is 0 Å². The molecule has 26 heavy (non-hydrogen) atoms. The van der Waals surface area contributed by atoms with Crippen LogP contribution in [-0.4, -0.2) is 45.8 Å². The lowest BCUT2D eigenvalue weighted by atomic mass is 10.2. The molecule has 2 N–H and O–H groups in total. The molecule has 0 aliphatic rings. The number of benzene rings is 1. The van der Waals surface area contributed by atoms with Gasteiger partial charge in [-0.25, -0.2) is 4.98 Å². The smallest absolute Gasteiger partial charge is 0.191 e. The van der Waals surface area contributed by atoms with E-state index in [4.69, 9.17) is 9.47 Å². The number of aromatic nitrogens is 1. The minimum Gasteiger partial charge on any atom is -0.493 e. The average molecular weight is 378 g/mol. The summed E-state index contributed by atoms with van der Waals surface area (Å²) in [6, 6.07) is 5.90. The number of nitrogens with zero attached hydrogens (tertiary/aromatic N) is 3. The molecule has 7 nitrogen and oxygen atoms in total. The Hall–Kier alpha value is -2.48. The number of aliphatic imine (C=N–C) groups is 1. The Kier molecular flexibility index (Phi) is 7.53. The number of guanidine groups is 1. The van der Waals surface area contributed by atoms with Crippen molar-refractivity contribution in [3.63, 3.8) is 0 Å². The second-order valence-corrected chi connectivity index (χ2v) is 6.55. The summed E-state index contributed by atoms with van der Waals surface area (Å²) in [6.45, 7) is 3.80. The molecule has 0 atom stereocenters. The zero-order valence-electron chi connectivity index (χ0n) is 16.0. The number of nitrogens with one attached hydrogen (secondary N) is 2. The molecule has 142 valence electrons. The molecular formula is C18H27N5O2S. The molecule has 0 bridgehead atoms. The predicted molar refractivity (Wildman–Crippen MR) is 108 cm³/mol. The Morgan fingerprint density at radius 2 is 2.00 bits per heavy atom. The van der Waals surface area contributed by atoms with Gasteiger partial charge in [-0.1, -0.05) is 6.07 Å². The fourth-order valence-electron chi connectivity index (χ4n) is 2.26. The van der Waals surface area contributed by atoms with Crippen LogP contribution in [0, 0.1) is 0 Å². The second kappa shape index (κ2) is 9.86. The van der Waals surface area contributed by atoms with Crippen molar-refractivity contribution in [2.45, 2.75) is 20.0 Å². The van der Waals surface area contributed by atoms with Crippen LogP contribution in [0.25, 0.3) is 0 Å². The van der Waals surface area contributed by atoms with Crippen molar-refractivity contribution in [1.29, 1.82) is 0 Å². The SMILES string of the molecule is CCOc1cc(CNC(=NC)NCc2csc(N(C)C)n2)ccc1OC. The molecular weight excluding hydrogens is 350 g/mol. The molecule has 0 radical (unpaired) electrons. The van der Waals surface area contributed by atoms with Crippen molar-refractivity contribution in [2.75, 3.05) is 39.8 Å². The van der Waals surface area contributed by atoms with Crippen molar-refractivity contribution in [3.05, 3.63) is 34.8 Å². The van der Waals surface area contributed by atoms with Crippen LogP contribution in [-0.2, 0) is 13.1 Å². The number of methoxy groups -OCH3 is 1. The Bertz CT molecular complexity index is 730. The highest BCUT2D eigenvalue weighted by molar-refractivity contribution is 7.13. The number of hydrogen-bond acceptors (Lipinski definition) is 6. The van der Waals surface area contributed by atoms with E-state index in [1.54, 1.807) is 25.5 Å². The minimum absolute atomic E-state index is 0.596. The van der Waals surface area contributed by atoms with Gasteiger partial charge >= 0.3 is 0 Å². The molecule has 0 amide bonds. The number of anilines is 1. The Morgan fingerprint density at radius 3 is 2.62 bits per heavy atom. The summed E-state index contributed by atoms with van der Waals surface area (Å²) in [6.07, 6.45) is 0. The van der Waals surface area contributed by atoms with Gasteiger partial charge in [-0.3, -0.25) is 4.99 Å². The average Bonchev–Trinajstić information content (AvgIpc) is 3.12. The van der Waals surface area contributed by atoms with Crippen LogP contribution in [0.15, 0.2) is 28.6 Å². The van der Waals surface area contributed by atoms with E-state index in [-0.39, 0.29) is 0 Å². The zero-order chi connectivity index (χ0) is 18.9. The zero-order valence-corrected chi connectivity index (χ0v) is 16.8. The lowest BCUT2D eigenvalue weighted by Crippen LogP contribution is -2.36. The van der Waals surface area contributed by atoms with Crippen LogP contribution in [0.5, 0.6) is 11.5 Å². The van der Waals surface area contributed by atoms with E-state index in [0.717, 1.165) is 33.8 Å². The fourth-order valence-corrected chi connectivity index (χ4v) is 3.02. The number of ether oxygens (including phenoxy) is 2. The maximum absolute atomic E-state index is 5.62. The molecule has 0 unspecified atom stereocenters. The van der Waals surface area contributed by atoms with E-state index in [9.17, 15) is 0 Å². The molecule has 8 heteroatoms. The molecule has 1 heterocycles. The highest BCUT2D eigenvalue weighted by Crippen LogP contribution is 2.27. The predicted octanol–water partition coefficient (Wildman–Crippen LogP) is 2.48. The lowest BCUT2D eigenvalue weighted by Gasteiger charge is -2.13. The van der Waals surface area contributed by atoms with Gasteiger partial charge in [0.25, 0.3) is 0 Å². The third-order valence-electron chi connectivity index (χ3n) is 3.57. The molecule has 1 aromatic heterocycles. The molecule has 0 aliphatic carbocycles. The first-order valence-corrected chi connectivity index (χ1v) is 9.31. The van der Waals surface area contributed by atoms with Gasteiger partial charge in [0.05, 0.1) is 26.0 Å². The Balaban J connectivity index is 1.91. The third-order valence-corrected chi connectivity index (χ3v) is 4.63. The first-order chi connectivity index (χ1) is 12.6. The van der Waals surface area contributed by atoms with Gasteiger partial charge in [-0.2, -0.15) is 0 Å². The normalized spacial score (nSPS) is 11.2. The van der Waals surface area contributed by atoms with Gasteiger partial charge in [0.2, 0.25) is 0 Å². The van der Waals surface area contributed by atoms with Gasteiger partial charge in [-0.15, -0.1) is 11.3 Å². The topological polar surface area (TPSA) is 71.0 Å². The third kappa shape index (κ3) is 5.52. The summed E-state index contributed by atoms with van der Waals surface area (Å²) >= 11 is 1.63. The number of hydrogen-bond donors (Lipinski definition) is 2. The summed E-state index contributed by atoms with van der Waals surface area (Å²) in [5.41, 5.74) is 2.07. The fraction of sp³-hybridized carbons (Fsp3) is 0.444. The summed E-state index contributed by atoms with van der Waals surface area (Å²) in [4.78, 5) is 10.8. The van der Waals surface area contributed by atoms with Gasteiger partial charge in [0, 0.05) is 33.1 Å². The monoisotopic (exact) mass is 377 g/mol. The maximum atomic E-state index is 5.62. The quantitative estimate of drug-likeness (QED) is 0.544. The molecule has 0 saturated carbocycles. The van der Waals surface area contributed by atoms with Crippen LogP contribution < -0.4 is 25.0 Å². The minimum atomic E-state index is 0.596.